The second kappa shape index (κ2) is 9.09. The molecular weight excluding hydrogens is 356 g/mol. The van der Waals surface area contributed by atoms with E-state index in [4.69, 9.17) is 22.1 Å². The third-order valence-corrected chi connectivity index (χ3v) is 5.01. The number of nitrogen functional groups attached to an aromatic ring is 1. The Morgan fingerprint density at radius 1 is 1.19 bits per heavy atom. The Balaban J connectivity index is 1.99. The van der Waals surface area contributed by atoms with Crippen LogP contribution in [-0.2, 0) is 4.79 Å². The van der Waals surface area contributed by atoms with E-state index in [1.54, 1.807) is 17.0 Å². The number of methoxy groups -OCH3 is 1. The maximum atomic E-state index is 12.8. The summed E-state index contributed by atoms with van der Waals surface area (Å²) < 4.78 is 5.27. The minimum absolute atomic E-state index is 0.127. The van der Waals surface area contributed by atoms with Gasteiger partial charge in [-0.3, -0.25) is 14.5 Å². The van der Waals surface area contributed by atoms with Gasteiger partial charge in [-0.2, -0.15) is 0 Å². The van der Waals surface area contributed by atoms with E-state index in [0.717, 1.165) is 0 Å². The molecule has 2 amide bonds. The molecule has 0 aromatic heterocycles. The molecule has 2 N–H and O–H groups in total. The summed E-state index contributed by atoms with van der Waals surface area (Å²) >= 11 is 6.06. The summed E-state index contributed by atoms with van der Waals surface area (Å²) in [5, 5.41) is 0.331. The Morgan fingerprint density at radius 3 is 2.35 bits per heavy atom. The summed E-state index contributed by atoms with van der Waals surface area (Å²) in [6, 6.07) is 3.11. The first kappa shape index (κ1) is 20.3. The average molecular weight is 383 g/mol. The van der Waals surface area contributed by atoms with Gasteiger partial charge in [0.25, 0.3) is 5.91 Å². The molecule has 1 aromatic rings. The van der Waals surface area contributed by atoms with Gasteiger partial charge in [0.1, 0.15) is 5.75 Å². The zero-order chi connectivity index (χ0) is 19.3. The second-order valence-electron chi connectivity index (χ2n) is 6.21. The maximum Gasteiger partial charge on any atom is 0.257 e. The molecule has 0 radical (unpaired) electrons. The summed E-state index contributed by atoms with van der Waals surface area (Å²) in [5.41, 5.74) is 6.55. The van der Waals surface area contributed by atoms with Gasteiger partial charge in [0.2, 0.25) is 5.91 Å². The van der Waals surface area contributed by atoms with Crippen LogP contribution in [-0.4, -0.2) is 79.4 Å². The number of hydrogen-bond acceptors (Lipinski definition) is 5. The summed E-state index contributed by atoms with van der Waals surface area (Å²) in [4.78, 5) is 30.7. The van der Waals surface area contributed by atoms with E-state index in [0.29, 0.717) is 67.8 Å². The van der Waals surface area contributed by atoms with Gasteiger partial charge < -0.3 is 20.3 Å². The van der Waals surface area contributed by atoms with E-state index >= 15 is 0 Å². The lowest BCUT2D eigenvalue weighted by Crippen LogP contribution is -2.51. The molecule has 1 aliphatic rings. The molecule has 1 aromatic carbocycles. The van der Waals surface area contributed by atoms with Gasteiger partial charge >= 0.3 is 0 Å². The normalized spacial score (nSPS) is 15.0. The highest BCUT2D eigenvalue weighted by Crippen LogP contribution is 2.30. The van der Waals surface area contributed by atoms with Crippen LogP contribution in [0.1, 0.15) is 24.2 Å². The number of rotatable bonds is 6. The first-order chi connectivity index (χ1) is 12.4. The highest BCUT2D eigenvalue weighted by molar-refractivity contribution is 6.33. The molecule has 1 fully saturated rings. The van der Waals surface area contributed by atoms with Gasteiger partial charge in [-0.25, -0.2) is 0 Å². The number of likely N-dealkylation sites (N-methyl/N-ethyl adjacent to an activating group) is 1. The standard InChI is InChI=1S/C18H27ClN4O3/c1-4-22(5-2)17(24)12-21-6-8-23(9-7-21)18(25)13-10-14(19)15(20)11-16(13)26-3/h10-11H,4-9,12,20H2,1-3H3. The van der Waals surface area contributed by atoms with Crippen molar-refractivity contribution in [1.82, 2.24) is 14.7 Å². The van der Waals surface area contributed by atoms with Crippen molar-refractivity contribution in [2.75, 3.05) is 58.7 Å². The van der Waals surface area contributed by atoms with Gasteiger partial charge in [-0.1, -0.05) is 11.6 Å². The molecule has 0 bridgehead atoms. The van der Waals surface area contributed by atoms with E-state index in [9.17, 15) is 9.59 Å². The second-order valence-corrected chi connectivity index (χ2v) is 6.62. The predicted octanol–water partition coefficient (Wildman–Crippen LogP) is 1.56. The van der Waals surface area contributed by atoms with Crippen LogP contribution in [0.15, 0.2) is 12.1 Å². The smallest absolute Gasteiger partial charge is 0.257 e. The van der Waals surface area contributed by atoms with Crippen molar-refractivity contribution in [3.63, 3.8) is 0 Å². The van der Waals surface area contributed by atoms with Crippen LogP contribution in [0.3, 0.4) is 0 Å². The van der Waals surface area contributed by atoms with Crippen molar-refractivity contribution in [2.45, 2.75) is 13.8 Å². The molecular formula is C18H27ClN4O3. The van der Waals surface area contributed by atoms with Crippen LogP contribution in [0, 0.1) is 0 Å². The van der Waals surface area contributed by atoms with Crippen LogP contribution >= 0.6 is 11.6 Å². The molecule has 0 atom stereocenters. The number of anilines is 1. The van der Waals surface area contributed by atoms with Crippen molar-refractivity contribution in [3.05, 3.63) is 22.7 Å². The van der Waals surface area contributed by atoms with Crippen molar-refractivity contribution in [1.29, 1.82) is 0 Å². The van der Waals surface area contributed by atoms with Gasteiger partial charge in [0, 0.05) is 45.3 Å². The van der Waals surface area contributed by atoms with Crippen molar-refractivity contribution >= 4 is 29.1 Å². The molecule has 0 spiro atoms. The quantitative estimate of drug-likeness (QED) is 0.755. The Morgan fingerprint density at radius 2 is 1.81 bits per heavy atom. The molecule has 0 unspecified atom stereocenters. The lowest BCUT2D eigenvalue weighted by Gasteiger charge is -2.35. The SMILES string of the molecule is CCN(CC)C(=O)CN1CCN(C(=O)c2cc(Cl)c(N)cc2OC)CC1. The van der Waals surface area contributed by atoms with Gasteiger partial charge in [0.15, 0.2) is 0 Å². The summed E-state index contributed by atoms with van der Waals surface area (Å²) in [5.74, 6) is 0.399. The van der Waals surface area contributed by atoms with Crippen molar-refractivity contribution in [2.24, 2.45) is 0 Å². The third kappa shape index (κ3) is 4.59. The maximum absolute atomic E-state index is 12.8. The summed E-state index contributed by atoms with van der Waals surface area (Å²) in [6.07, 6.45) is 0. The first-order valence-corrected chi connectivity index (χ1v) is 9.21. The molecule has 26 heavy (non-hydrogen) atoms. The Kier molecular flexibility index (Phi) is 7.11. The van der Waals surface area contributed by atoms with E-state index in [-0.39, 0.29) is 11.8 Å². The molecule has 2 rings (SSSR count). The lowest BCUT2D eigenvalue weighted by atomic mass is 10.1. The van der Waals surface area contributed by atoms with Crippen LogP contribution in [0.5, 0.6) is 5.75 Å². The first-order valence-electron chi connectivity index (χ1n) is 8.83. The Bertz CT molecular complexity index is 656. The summed E-state index contributed by atoms with van der Waals surface area (Å²) in [7, 11) is 1.50. The molecule has 0 aliphatic carbocycles. The van der Waals surface area contributed by atoms with Gasteiger partial charge in [0.05, 0.1) is 29.9 Å². The van der Waals surface area contributed by atoms with Crippen LogP contribution in [0.25, 0.3) is 0 Å². The number of hydrogen-bond donors (Lipinski definition) is 1. The lowest BCUT2D eigenvalue weighted by molar-refractivity contribution is -0.132. The van der Waals surface area contributed by atoms with E-state index in [1.165, 1.54) is 7.11 Å². The molecule has 0 saturated carbocycles. The predicted molar refractivity (Wildman–Crippen MR) is 103 cm³/mol. The minimum Gasteiger partial charge on any atom is -0.496 e. The molecule has 8 heteroatoms. The zero-order valence-electron chi connectivity index (χ0n) is 15.6. The Hall–Kier alpha value is -1.99. The van der Waals surface area contributed by atoms with E-state index in [1.807, 2.05) is 18.7 Å². The Labute approximate surface area is 159 Å². The minimum atomic E-state index is -0.140. The monoisotopic (exact) mass is 382 g/mol. The zero-order valence-corrected chi connectivity index (χ0v) is 16.4. The fourth-order valence-electron chi connectivity index (χ4n) is 3.05. The number of piperazine rings is 1. The number of amides is 2. The highest BCUT2D eigenvalue weighted by Gasteiger charge is 2.26. The molecule has 1 heterocycles. The number of carbonyl (C=O) groups excluding carboxylic acids is 2. The van der Waals surface area contributed by atoms with Crippen LogP contribution in [0.2, 0.25) is 5.02 Å². The van der Waals surface area contributed by atoms with Crippen molar-refractivity contribution in [3.8, 4) is 5.75 Å². The largest absolute Gasteiger partial charge is 0.496 e. The molecule has 7 nitrogen and oxygen atoms in total. The highest BCUT2D eigenvalue weighted by atomic mass is 35.5. The fourth-order valence-corrected chi connectivity index (χ4v) is 3.22. The fraction of sp³-hybridized carbons (Fsp3) is 0.556. The van der Waals surface area contributed by atoms with Crippen LogP contribution in [0.4, 0.5) is 5.69 Å². The van der Waals surface area contributed by atoms with Gasteiger partial charge in [-0.05, 0) is 19.9 Å². The molecule has 144 valence electrons. The number of halogens is 1. The number of benzene rings is 1. The topological polar surface area (TPSA) is 79.1 Å². The number of ether oxygens (including phenoxy) is 1. The number of nitrogens with zero attached hydrogens (tertiary/aromatic N) is 3. The number of nitrogens with two attached hydrogens (primary N) is 1. The molecule has 1 saturated heterocycles. The number of carbonyl (C=O) groups is 2. The molecule has 1 aliphatic heterocycles. The third-order valence-electron chi connectivity index (χ3n) is 4.68. The van der Waals surface area contributed by atoms with E-state index in [2.05, 4.69) is 4.90 Å². The summed E-state index contributed by atoms with van der Waals surface area (Å²) in [6.45, 7) is 8.18. The van der Waals surface area contributed by atoms with Gasteiger partial charge in [-0.15, -0.1) is 0 Å². The van der Waals surface area contributed by atoms with Crippen molar-refractivity contribution < 1.29 is 14.3 Å². The van der Waals surface area contributed by atoms with E-state index < -0.39 is 0 Å². The van der Waals surface area contributed by atoms with Crippen LogP contribution < -0.4 is 10.5 Å². The average Bonchev–Trinajstić information content (AvgIpc) is 2.64.